The maximum absolute atomic E-state index is 6.03. The molecule has 7 heteroatoms. The van der Waals surface area contributed by atoms with Gasteiger partial charge in [0.1, 0.15) is 11.7 Å². The summed E-state index contributed by atoms with van der Waals surface area (Å²) < 4.78 is 0. The molecule has 0 radical (unpaired) electrons. The van der Waals surface area contributed by atoms with E-state index in [9.17, 15) is 0 Å². The van der Waals surface area contributed by atoms with Crippen LogP contribution in [0.1, 0.15) is 24.8 Å². The van der Waals surface area contributed by atoms with Crippen molar-refractivity contribution in [3.05, 3.63) is 34.9 Å². The summed E-state index contributed by atoms with van der Waals surface area (Å²) in [5.74, 6) is 1.67. The van der Waals surface area contributed by atoms with E-state index >= 15 is 0 Å². The molecular formula is C19H27ClN6. The molecule has 0 aliphatic carbocycles. The summed E-state index contributed by atoms with van der Waals surface area (Å²) in [6.45, 7) is 5.35. The van der Waals surface area contributed by atoms with E-state index in [2.05, 4.69) is 37.5 Å². The van der Waals surface area contributed by atoms with Crippen LogP contribution in [0.2, 0.25) is 5.02 Å². The lowest BCUT2D eigenvalue weighted by atomic mass is 9.96. The Hall–Kier alpha value is -1.63. The summed E-state index contributed by atoms with van der Waals surface area (Å²) in [5.41, 5.74) is 7.12. The second-order valence-corrected chi connectivity index (χ2v) is 7.87. The molecule has 0 spiro atoms. The second-order valence-electron chi connectivity index (χ2n) is 7.43. The number of piperazine rings is 1. The number of halogens is 1. The number of piperidine rings is 1. The number of nitrogens with two attached hydrogens (primary N) is 1. The topological polar surface area (TPSA) is 69.2 Å². The van der Waals surface area contributed by atoms with Gasteiger partial charge in [0, 0.05) is 49.8 Å². The van der Waals surface area contributed by atoms with E-state index in [1.807, 2.05) is 12.1 Å². The number of hydrogen-bond donors (Lipinski definition) is 2. The molecule has 6 nitrogen and oxygen atoms in total. The first-order valence-electron chi connectivity index (χ1n) is 9.54. The van der Waals surface area contributed by atoms with E-state index in [4.69, 9.17) is 17.3 Å². The maximum Gasteiger partial charge on any atom is 0.135 e. The SMILES string of the molecule is NC1=NN=C(N2CCC(N3CCNC[C@@H]3Cc3ccc(Cl)cc3)CC2)C1. The first-order chi connectivity index (χ1) is 12.7. The van der Waals surface area contributed by atoms with Crippen LogP contribution >= 0.6 is 11.6 Å². The smallest absolute Gasteiger partial charge is 0.135 e. The molecule has 0 amide bonds. The van der Waals surface area contributed by atoms with Crippen molar-refractivity contribution >= 4 is 23.3 Å². The minimum Gasteiger partial charge on any atom is -0.385 e. The van der Waals surface area contributed by atoms with Crippen LogP contribution in [0.4, 0.5) is 0 Å². The average molecular weight is 375 g/mol. The number of hydrogen-bond acceptors (Lipinski definition) is 6. The molecule has 26 heavy (non-hydrogen) atoms. The molecule has 3 aliphatic rings. The van der Waals surface area contributed by atoms with Crippen LogP contribution < -0.4 is 11.1 Å². The number of amidine groups is 2. The molecule has 0 aromatic heterocycles. The van der Waals surface area contributed by atoms with Gasteiger partial charge in [0.15, 0.2) is 0 Å². The number of rotatable bonds is 3. The summed E-state index contributed by atoms with van der Waals surface area (Å²) in [4.78, 5) is 5.08. The molecule has 0 unspecified atom stereocenters. The first kappa shape index (κ1) is 17.8. The van der Waals surface area contributed by atoms with Crippen LogP contribution in [0.15, 0.2) is 34.5 Å². The highest BCUT2D eigenvalue weighted by Gasteiger charge is 2.32. The lowest BCUT2D eigenvalue weighted by molar-refractivity contribution is 0.0718. The van der Waals surface area contributed by atoms with E-state index in [0.29, 0.717) is 24.3 Å². The van der Waals surface area contributed by atoms with Gasteiger partial charge >= 0.3 is 0 Å². The zero-order valence-corrected chi connectivity index (χ0v) is 15.8. The highest BCUT2D eigenvalue weighted by molar-refractivity contribution is 6.30. The molecule has 140 valence electrons. The minimum atomic E-state index is 0.546. The lowest BCUT2D eigenvalue weighted by Gasteiger charge is -2.45. The zero-order chi connectivity index (χ0) is 17.9. The minimum absolute atomic E-state index is 0.546. The van der Waals surface area contributed by atoms with Crippen LogP contribution in [0.25, 0.3) is 0 Å². The Morgan fingerprint density at radius 1 is 1.12 bits per heavy atom. The van der Waals surface area contributed by atoms with Crippen LogP contribution in [0.3, 0.4) is 0 Å². The average Bonchev–Trinajstić information content (AvgIpc) is 3.11. The zero-order valence-electron chi connectivity index (χ0n) is 15.1. The van der Waals surface area contributed by atoms with Crippen molar-refractivity contribution < 1.29 is 0 Å². The van der Waals surface area contributed by atoms with Gasteiger partial charge in [-0.15, -0.1) is 10.2 Å². The summed E-state index contributed by atoms with van der Waals surface area (Å²) >= 11 is 6.03. The molecule has 1 atom stereocenters. The molecule has 2 fully saturated rings. The summed E-state index contributed by atoms with van der Waals surface area (Å²) in [6, 6.07) is 9.48. The maximum atomic E-state index is 6.03. The number of nitrogens with one attached hydrogen (secondary N) is 1. The summed E-state index contributed by atoms with van der Waals surface area (Å²) in [7, 11) is 0. The van der Waals surface area contributed by atoms with Crippen molar-refractivity contribution in [2.45, 2.75) is 37.8 Å². The Morgan fingerprint density at radius 2 is 1.88 bits per heavy atom. The van der Waals surface area contributed by atoms with Gasteiger partial charge in [0.25, 0.3) is 0 Å². The third-order valence-electron chi connectivity index (χ3n) is 5.71. The van der Waals surface area contributed by atoms with E-state index in [1.165, 1.54) is 18.4 Å². The van der Waals surface area contributed by atoms with E-state index in [1.54, 1.807) is 0 Å². The van der Waals surface area contributed by atoms with Crippen LogP contribution in [0.5, 0.6) is 0 Å². The van der Waals surface area contributed by atoms with E-state index in [0.717, 1.165) is 50.0 Å². The van der Waals surface area contributed by atoms with Crippen LogP contribution in [0, 0.1) is 0 Å². The third-order valence-corrected chi connectivity index (χ3v) is 5.96. The molecule has 3 aliphatic heterocycles. The van der Waals surface area contributed by atoms with Crippen LogP contribution in [-0.2, 0) is 6.42 Å². The van der Waals surface area contributed by atoms with Gasteiger partial charge in [0.2, 0.25) is 0 Å². The number of benzene rings is 1. The van der Waals surface area contributed by atoms with Gasteiger partial charge in [-0.1, -0.05) is 23.7 Å². The molecular weight excluding hydrogens is 348 g/mol. The van der Waals surface area contributed by atoms with Crippen molar-refractivity contribution in [3.63, 3.8) is 0 Å². The number of nitrogens with zero attached hydrogens (tertiary/aromatic N) is 4. The Balaban J connectivity index is 1.35. The largest absolute Gasteiger partial charge is 0.385 e. The molecule has 1 aromatic carbocycles. The van der Waals surface area contributed by atoms with Crippen molar-refractivity contribution in [3.8, 4) is 0 Å². The van der Waals surface area contributed by atoms with Gasteiger partial charge < -0.3 is 16.0 Å². The fourth-order valence-electron chi connectivity index (χ4n) is 4.32. The summed E-state index contributed by atoms with van der Waals surface area (Å²) in [6.07, 6.45) is 4.13. The third kappa shape index (κ3) is 4.03. The Kier molecular flexibility index (Phi) is 5.43. The van der Waals surface area contributed by atoms with Crippen molar-refractivity contribution in [1.82, 2.24) is 15.1 Å². The predicted molar refractivity (Wildman–Crippen MR) is 107 cm³/mol. The van der Waals surface area contributed by atoms with Crippen molar-refractivity contribution in [2.75, 3.05) is 32.7 Å². The molecule has 3 heterocycles. The molecule has 3 N–H and O–H groups in total. The van der Waals surface area contributed by atoms with Crippen molar-refractivity contribution in [2.24, 2.45) is 15.9 Å². The Labute approximate surface area is 160 Å². The van der Waals surface area contributed by atoms with Crippen molar-refractivity contribution in [1.29, 1.82) is 0 Å². The second kappa shape index (κ2) is 7.94. The quantitative estimate of drug-likeness (QED) is 0.844. The van der Waals surface area contributed by atoms with Gasteiger partial charge in [-0.2, -0.15) is 0 Å². The molecule has 0 saturated carbocycles. The monoisotopic (exact) mass is 374 g/mol. The molecule has 2 saturated heterocycles. The fourth-order valence-corrected chi connectivity index (χ4v) is 4.45. The highest BCUT2D eigenvalue weighted by atomic mass is 35.5. The Bertz CT molecular complexity index is 678. The van der Waals surface area contributed by atoms with Gasteiger partial charge in [0.05, 0.1) is 6.42 Å². The normalized spacial score (nSPS) is 25.3. The van der Waals surface area contributed by atoms with E-state index < -0.39 is 0 Å². The highest BCUT2D eigenvalue weighted by Crippen LogP contribution is 2.23. The summed E-state index contributed by atoms with van der Waals surface area (Å²) in [5, 5.41) is 12.6. The Morgan fingerprint density at radius 3 is 2.58 bits per heavy atom. The van der Waals surface area contributed by atoms with E-state index in [-0.39, 0.29) is 0 Å². The first-order valence-corrected chi connectivity index (χ1v) is 9.91. The molecule has 4 rings (SSSR count). The number of likely N-dealkylation sites (tertiary alicyclic amines) is 1. The van der Waals surface area contributed by atoms with Gasteiger partial charge in [-0.05, 0) is 37.0 Å². The standard InChI is InChI=1S/C19H27ClN6/c20-15-3-1-14(2-4-15)11-17-13-22-7-10-26(17)16-5-8-25(9-6-16)19-12-18(21)23-24-19/h1-4,16-17,22H,5-13H2,(H2,21,23)/t17-/m0/s1. The molecule has 0 bridgehead atoms. The van der Waals surface area contributed by atoms with Crippen LogP contribution in [-0.4, -0.2) is 66.3 Å². The van der Waals surface area contributed by atoms with Gasteiger partial charge in [-0.25, -0.2) is 0 Å². The lowest BCUT2D eigenvalue weighted by Crippen LogP contribution is -2.58. The van der Waals surface area contributed by atoms with Gasteiger partial charge in [-0.3, -0.25) is 4.90 Å². The fraction of sp³-hybridized carbons (Fsp3) is 0.579. The predicted octanol–water partition coefficient (Wildman–Crippen LogP) is 1.70. The molecule has 1 aromatic rings.